The molecule has 0 unspecified atom stereocenters. The van der Waals surface area contributed by atoms with Gasteiger partial charge in [-0.25, -0.2) is 9.59 Å². The Kier molecular flexibility index (Phi) is 36.7. The molecule has 0 fully saturated rings. The lowest BCUT2D eigenvalue weighted by atomic mass is 10.0. The van der Waals surface area contributed by atoms with Crippen molar-refractivity contribution >= 4 is 47.5 Å². The maximum atomic E-state index is 12.4. The third-order valence-electron chi connectivity index (χ3n) is 10.2. The fourth-order valence-electron chi connectivity index (χ4n) is 6.52. The number of carbonyl (C=O) groups excluding carboxylic acids is 4. The van der Waals surface area contributed by atoms with Gasteiger partial charge < -0.3 is 56.5 Å². The maximum absolute atomic E-state index is 12.4. The van der Waals surface area contributed by atoms with E-state index in [-0.39, 0.29) is 58.0 Å². The Labute approximate surface area is 367 Å². The number of carboxylic acid groups (broad SMARTS) is 4. The number of nitrogens with one attached hydrogen (secondary N) is 5. The molecule has 358 valence electrons. The predicted molar refractivity (Wildman–Crippen MR) is 230 cm³/mol. The zero-order chi connectivity index (χ0) is 46.2. The Hall–Kier alpha value is -4.36. The van der Waals surface area contributed by atoms with E-state index < -0.39 is 72.8 Å². The topological polar surface area (TPSA) is 296 Å². The molecule has 9 N–H and O–H groups in total. The number of amides is 4. The molecule has 0 spiro atoms. The van der Waals surface area contributed by atoms with E-state index >= 15 is 0 Å². The summed E-state index contributed by atoms with van der Waals surface area (Å²) >= 11 is 0. The van der Waals surface area contributed by atoms with Gasteiger partial charge in [-0.2, -0.15) is 0 Å². The highest BCUT2D eigenvalue weighted by Gasteiger charge is 2.24. The number of carboxylic acids is 4. The summed E-state index contributed by atoms with van der Waals surface area (Å²) in [6.07, 6.45) is 19.5. The quantitative estimate of drug-likeness (QED) is 0.0392. The van der Waals surface area contributed by atoms with Crippen molar-refractivity contribution in [2.45, 2.75) is 179 Å². The molecule has 0 aromatic rings. The molecule has 19 heteroatoms. The molecule has 0 saturated carbocycles. The van der Waals surface area contributed by atoms with E-state index in [0.29, 0.717) is 32.2 Å². The molecule has 0 bridgehead atoms. The van der Waals surface area contributed by atoms with E-state index in [9.17, 15) is 48.6 Å². The summed E-state index contributed by atoms with van der Waals surface area (Å²) in [6.45, 7) is 0.588. The molecular formula is C43H77N5O14. The SMILES string of the molecule is CN[C@@H](CCCCNC(=O)CC[C@H](NC(=O)CC[C@H](NC(=O)COCCOCCNC(=O)CCCCCCCCCCCCCCCCCCC(=O)O)C(=O)O)C(=O)O)C(=O)O. The summed E-state index contributed by atoms with van der Waals surface area (Å²) in [6, 6.07) is -3.52. The van der Waals surface area contributed by atoms with Crippen LogP contribution in [0.25, 0.3) is 0 Å². The van der Waals surface area contributed by atoms with E-state index in [1.807, 2.05) is 0 Å². The standard InChI is InChI=1S/C43H77N5O14/c1-44-33(41(55)56)20-18-19-27-45-37(50)25-23-34(42(57)58)47-38(51)26-24-35(43(59)60)48-39(52)32-62-31-30-61-29-28-46-36(49)21-16-14-12-10-8-6-4-2-3-5-7-9-11-13-15-17-22-40(53)54/h33-35,44H,2-32H2,1H3,(H,45,50)(H,46,49)(H,47,51)(H,48,52)(H,53,54)(H,55,56)(H,57,58)(H,59,60)/t33-,34-,35-/m0/s1. The van der Waals surface area contributed by atoms with E-state index in [2.05, 4.69) is 26.6 Å². The third kappa shape index (κ3) is 36.3. The number of carbonyl (C=O) groups is 8. The Morgan fingerprint density at radius 2 is 0.823 bits per heavy atom. The number of likely N-dealkylation sites (N-methyl/N-ethyl adjacent to an activating group) is 1. The van der Waals surface area contributed by atoms with Crippen molar-refractivity contribution in [1.82, 2.24) is 26.6 Å². The van der Waals surface area contributed by atoms with E-state index in [4.69, 9.17) is 19.7 Å². The second-order valence-electron chi connectivity index (χ2n) is 15.6. The lowest BCUT2D eigenvalue weighted by Gasteiger charge is -2.17. The van der Waals surface area contributed by atoms with Gasteiger partial charge in [-0.15, -0.1) is 0 Å². The van der Waals surface area contributed by atoms with Gasteiger partial charge in [0.1, 0.15) is 24.7 Å². The zero-order valence-corrected chi connectivity index (χ0v) is 37.0. The van der Waals surface area contributed by atoms with Gasteiger partial charge in [0.2, 0.25) is 23.6 Å². The monoisotopic (exact) mass is 888 g/mol. The van der Waals surface area contributed by atoms with Crippen LogP contribution in [0.5, 0.6) is 0 Å². The predicted octanol–water partition coefficient (Wildman–Crippen LogP) is 3.90. The van der Waals surface area contributed by atoms with Crippen LogP contribution in [0.1, 0.15) is 161 Å². The van der Waals surface area contributed by atoms with Crippen molar-refractivity contribution in [2.75, 3.05) is 46.6 Å². The van der Waals surface area contributed by atoms with Gasteiger partial charge in [0.05, 0.1) is 19.8 Å². The molecule has 4 amide bonds. The first-order valence-electron chi connectivity index (χ1n) is 22.6. The first-order chi connectivity index (χ1) is 29.8. The fourth-order valence-corrected chi connectivity index (χ4v) is 6.52. The molecule has 0 radical (unpaired) electrons. The zero-order valence-electron chi connectivity index (χ0n) is 37.0. The van der Waals surface area contributed by atoms with Crippen molar-refractivity contribution < 1.29 is 68.3 Å². The highest BCUT2D eigenvalue weighted by Crippen LogP contribution is 2.14. The Morgan fingerprint density at radius 1 is 0.403 bits per heavy atom. The number of unbranched alkanes of at least 4 members (excludes halogenated alkanes) is 16. The van der Waals surface area contributed by atoms with Gasteiger partial charge in [-0.1, -0.05) is 89.9 Å². The highest BCUT2D eigenvalue weighted by atomic mass is 16.5. The number of hydrogen-bond donors (Lipinski definition) is 9. The minimum atomic E-state index is -1.44. The van der Waals surface area contributed by atoms with E-state index in [1.165, 1.54) is 64.2 Å². The van der Waals surface area contributed by atoms with Crippen molar-refractivity contribution in [1.29, 1.82) is 0 Å². The molecular weight excluding hydrogens is 810 g/mol. The smallest absolute Gasteiger partial charge is 0.326 e. The van der Waals surface area contributed by atoms with Crippen molar-refractivity contribution in [3.8, 4) is 0 Å². The summed E-state index contributed by atoms with van der Waals surface area (Å²) in [7, 11) is 1.54. The van der Waals surface area contributed by atoms with Gasteiger partial charge in [0, 0.05) is 38.8 Å². The summed E-state index contributed by atoms with van der Waals surface area (Å²) in [5.74, 6) is -6.42. The van der Waals surface area contributed by atoms with E-state index in [1.54, 1.807) is 7.05 Å². The van der Waals surface area contributed by atoms with Crippen molar-refractivity contribution in [3.05, 3.63) is 0 Å². The van der Waals surface area contributed by atoms with Crippen LogP contribution in [0.2, 0.25) is 0 Å². The highest BCUT2D eigenvalue weighted by molar-refractivity contribution is 5.86. The van der Waals surface area contributed by atoms with Crippen LogP contribution >= 0.6 is 0 Å². The first-order valence-corrected chi connectivity index (χ1v) is 22.6. The number of rotatable bonds is 44. The molecule has 0 rings (SSSR count). The van der Waals surface area contributed by atoms with Gasteiger partial charge in [0.15, 0.2) is 0 Å². The Morgan fingerprint density at radius 3 is 1.31 bits per heavy atom. The van der Waals surface area contributed by atoms with E-state index in [0.717, 1.165) is 38.5 Å². The van der Waals surface area contributed by atoms with Crippen LogP contribution in [0.3, 0.4) is 0 Å². The molecule has 0 heterocycles. The average Bonchev–Trinajstić information content (AvgIpc) is 3.22. The van der Waals surface area contributed by atoms with Crippen molar-refractivity contribution in [2.24, 2.45) is 0 Å². The molecule has 0 aromatic carbocycles. The molecule has 0 aromatic heterocycles. The van der Waals surface area contributed by atoms with Gasteiger partial charge in [0.25, 0.3) is 0 Å². The van der Waals surface area contributed by atoms with Gasteiger partial charge >= 0.3 is 23.9 Å². The van der Waals surface area contributed by atoms with Crippen LogP contribution < -0.4 is 26.6 Å². The third-order valence-corrected chi connectivity index (χ3v) is 10.2. The molecule has 0 aliphatic carbocycles. The van der Waals surface area contributed by atoms with Gasteiger partial charge in [-0.05, 0) is 52.0 Å². The molecule has 19 nitrogen and oxygen atoms in total. The molecule has 62 heavy (non-hydrogen) atoms. The van der Waals surface area contributed by atoms with Crippen LogP contribution in [0.15, 0.2) is 0 Å². The van der Waals surface area contributed by atoms with Crippen LogP contribution in [0, 0.1) is 0 Å². The summed E-state index contributed by atoms with van der Waals surface area (Å²) < 4.78 is 10.6. The maximum Gasteiger partial charge on any atom is 0.326 e. The molecule has 0 saturated heterocycles. The normalized spacial score (nSPS) is 12.5. The second-order valence-corrected chi connectivity index (χ2v) is 15.6. The fraction of sp³-hybridized carbons (Fsp3) is 0.814. The van der Waals surface area contributed by atoms with Gasteiger partial charge in [-0.3, -0.25) is 28.8 Å². The first kappa shape index (κ1) is 57.6. The summed E-state index contributed by atoms with van der Waals surface area (Å²) in [5.41, 5.74) is 0. The summed E-state index contributed by atoms with van der Waals surface area (Å²) in [5, 5.41) is 49.3. The minimum Gasteiger partial charge on any atom is -0.481 e. The molecule has 3 atom stereocenters. The Balaban J connectivity index is 3.90. The second kappa shape index (κ2) is 39.5. The number of aliphatic carboxylic acids is 4. The van der Waals surface area contributed by atoms with Crippen molar-refractivity contribution in [3.63, 3.8) is 0 Å². The lowest BCUT2D eigenvalue weighted by molar-refractivity contribution is -0.144. The number of ether oxygens (including phenoxy) is 2. The van der Waals surface area contributed by atoms with Crippen LogP contribution in [0.4, 0.5) is 0 Å². The molecule has 0 aliphatic heterocycles. The molecule has 0 aliphatic rings. The minimum absolute atomic E-state index is 0.0320. The lowest BCUT2D eigenvalue weighted by Crippen LogP contribution is -2.45. The van der Waals surface area contributed by atoms with Crippen LogP contribution in [-0.4, -0.2) is 133 Å². The number of hydrogen-bond acceptors (Lipinski definition) is 11. The van der Waals surface area contributed by atoms with Crippen LogP contribution in [-0.2, 0) is 47.8 Å². The Bertz CT molecular complexity index is 1290. The average molecular weight is 888 g/mol. The largest absolute Gasteiger partial charge is 0.481 e. The summed E-state index contributed by atoms with van der Waals surface area (Å²) in [4.78, 5) is 93.7.